The Balaban J connectivity index is 1.25. The van der Waals surface area contributed by atoms with Gasteiger partial charge in [0.2, 0.25) is 0 Å². The summed E-state index contributed by atoms with van der Waals surface area (Å²) in [5.74, 6) is -0.530. The van der Waals surface area contributed by atoms with E-state index >= 15 is 0 Å². The van der Waals surface area contributed by atoms with Crippen molar-refractivity contribution in [1.82, 2.24) is 4.90 Å². The van der Waals surface area contributed by atoms with Gasteiger partial charge in [0.05, 0.1) is 17.6 Å². The maximum Gasteiger partial charge on any atom is 0.258 e. The van der Waals surface area contributed by atoms with Crippen molar-refractivity contribution in [2.75, 3.05) is 37.7 Å². The molecule has 2 unspecified atom stereocenters. The maximum atomic E-state index is 14.2. The van der Waals surface area contributed by atoms with Gasteiger partial charge in [0.25, 0.3) is 5.91 Å². The van der Waals surface area contributed by atoms with Gasteiger partial charge in [-0.15, -0.1) is 11.3 Å². The first-order chi connectivity index (χ1) is 15.5. The van der Waals surface area contributed by atoms with Crippen LogP contribution in [0, 0.1) is 5.82 Å². The number of amides is 1. The molecule has 0 saturated carbocycles. The zero-order valence-corrected chi connectivity index (χ0v) is 19.0. The Morgan fingerprint density at radius 1 is 1.22 bits per heavy atom. The van der Waals surface area contributed by atoms with Crippen LogP contribution in [0.5, 0.6) is 0 Å². The molecule has 168 valence electrons. The van der Waals surface area contributed by atoms with E-state index in [2.05, 4.69) is 16.7 Å². The number of halogens is 1. The van der Waals surface area contributed by atoms with Crippen LogP contribution in [-0.2, 0) is 11.2 Å². The summed E-state index contributed by atoms with van der Waals surface area (Å²) in [7, 11) is 0. The van der Waals surface area contributed by atoms with Crippen molar-refractivity contribution in [2.45, 2.75) is 31.9 Å². The highest BCUT2D eigenvalue weighted by Crippen LogP contribution is 2.37. The molecular weight excluding hydrogens is 425 g/mol. The molecule has 3 heterocycles. The molecule has 0 spiro atoms. The number of hydrogen-bond donors (Lipinski definition) is 1. The van der Waals surface area contributed by atoms with Gasteiger partial charge in [-0.3, -0.25) is 9.69 Å². The number of ether oxygens (including phenoxy) is 1. The zero-order valence-electron chi connectivity index (χ0n) is 18.2. The topological polar surface area (TPSA) is 58.8 Å². The fourth-order valence-electron chi connectivity index (χ4n) is 4.98. The van der Waals surface area contributed by atoms with Crippen LogP contribution in [0.2, 0.25) is 0 Å². The van der Waals surface area contributed by atoms with Gasteiger partial charge < -0.3 is 15.4 Å². The van der Waals surface area contributed by atoms with Crippen molar-refractivity contribution in [3.05, 3.63) is 63.6 Å². The molecule has 32 heavy (non-hydrogen) atoms. The Labute approximate surface area is 191 Å². The number of anilines is 1. The first-order valence-electron chi connectivity index (χ1n) is 11.2. The van der Waals surface area contributed by atoms with E-state index in [1.54, 1.807) is 6.07 Å². The molecular formula is C25H28FN3O2S. The molecule has 2 aliphatic heterocycles. The third kappa shape index (κ3) is 4.00. The quantitative estimate of drug-likeness (QED) is 0.624. The number of carbonyl (C=O) groups excluding carboxylic acids is 1. The van der Waals surface area contributed by atoms with Gasteiger partial charge in [-0.1, -0.05) is 24.3 Å². The number of thiophene rings is 1. The predicted molar refractivity (Wildman–Crippen MR) is 127 cm³/mol. The molecule has 7 heteroatoms. The van der Waals surface area contributed by atoms with Crippen molar-refractivity contribution < 1.29 is 13.9 Å². The van der Waals surface area contributed by atoms with Gasteiger partial charge in [0.1, 0.15) is 5.82 Å². The van der Waals surface area contributed by atoms with E-state index in [9.17, 15) is 9.18 Å². The van der Waals surface area contributed by atoms with Gasteiger partial charge in [-0.25, -0.2) is 4.39 Å². The molecule has 1 aromatic heterocycles. The van der Waals surface area contributed by atoms with Crippen molar-refractivity contribution in [3.8, 4) is 0 Å². The van der Waals surface area contributed by atoms with Gasteiger partial charge in [0, 0.05) is 53.6 Å². The summed E-state index contributed by atoms with van der Waals surface area (Å²) in [5.41, 5.74) is 7.79. The van der Waals surface area contributed by atoms with Crippen LogP contribution in [0.25, 0.3) is 10.8 Å². The van der Waals surface area contributed by atoms with Crippen LogP contribution in [0.1, 0.15) is 39.6 Å². The smallest absolute Gasteiger partial charge is 0.258 e. The fourth-order valence-corrected chi connectivity index (χ4v) is 6.13. The lowest BCUT2D eigenvalue weighted by Crippen LogP contribution is -2.52. The maximum absolute atomic E-state index is 14.2. The number of rotatable bonds is 5. The molecule has 3 aromatic rings. The summed E-state index contributed by atoms with van der Waals surface area (Å²) in [6.07, 6.45) is 1.77. The van der Waals surface area contributed by atoms with E-state index in [0.717, 1.165) is 55.0 Å². The molecule has 2 aromatic carbocycles. The lowest BCUT2D eigenvalue weighted by molar-refractivity contribution is 0.0283. The Morgan fingerprint density at radius 2 is 2.03 bits per heavy atom. The summed E-state index contributed by atoms with van der Waals surface area (Å²) in [5, 5.41) is 1.65. The minimum absolute atomic E-state index is 0.0307. The average molecular weight is 454 g/mol. The van der Waals surface area contributed by atoms with Crippen LogP contribution in [0.4, 0.5) is 10.1 Å². The number of piperazine rings is 1. The molecule has 1 amide bonds. The predicted octanol–water partition coefficient (Wildman–Crippen LogP) is 4.35. The molecule has 0 aliphatic carbocycles. The second-order valence-corrected chi connectivity index (χ2v) is 9.79. The summed E-state index contributed by atoms with van der Waals surface area (Å²) in [4.78, 5) is 18.2. The average Bonchev–Trinajstić information content (AvgIpc) is 3.24. The highest BCUT2D eigenvalue weighted by molar-refractivity contribution is 7.14. The van der Waals surface area contributed by atoms with E-state index in [1.165, 1.54) is 16.9 Å². The minimum atomic E-state index is -0.360. The monoisotopic (exact) mass is 453 g/mol. The van der Waals surface area contributed by atoms with Crippen molar-refractivity contribution in [2.24, 2.45) is 5.73 Å². The standard InChI is InChI=1S/C25H28FN3O2S/c1-16-15-29(21-7-6-20(26)18-4-2-3-5-19(18)21)12-11-28(16)10-8-22-24-17(9-13-31-22)14-23(32-24)25(27)30/h2-7,14,16,22H,8-13,15H2,1H3,(H2,27,30). The first-order valence-corrected chi connectivity index (χ1v) is 12.0. The summed E-state index contributed by atoms with van der Waals surface area (Å²) >= 11 is 1.48. The van der Waals surface area contributed by atoms with E-state index in [0.29, 0.717) is 22.9 Å². The van der Waals surface area contributed by atoms with Crippen LogP contribution in [0.15, 0.2) is 42.5 Å². The second-order valence-electron chi connectivity index (χ2n) is 8.71. The zero-order chi connectivity index (χ0) is 22.2. The summed E-state index contributed by atoms with van der Waals surface area (Å²) < 4.78 is 20.3. The van der Waals surface area contributed by atoms with Crippen LogP contribution >= 0.6 is 11.3 Å². The fraction of sp³-hybridized carbons (Fsp3) is 0.400. The molecule has 5 nitrogen and oxygen atoms in total. The van der Waals surface area contributed by atoms with Gasteiger partial charge in [-0.05, 0) is 43.5 Å². The van der Waals surface area contributed by atoms with Crippen molar-refractivity contribution >= 4 is 33.7 Å². The molecule has 1 fully saturated rings. The molecule has 2 atom stereocenters. The Kier molecular flexibility index (Phi) is 5.88. The Bertz CT molecular complexity index is 1150. The van der Waals surface area contributed by atoms with Crippen LogP contribution in [0.3, 0.4) is 0 Å². The summed E-state index contributed by atoms with van der Waals surface area (Å²) in [6.45, 7) is 6.63. The van der Waals surface area contributed by atoms with E-state index in [4.69, 9.17) is 10.5 Å². The minimum Gasteiger partial charge on any atom is -0.372 e. The Hall–Kier alpha value is -2.48. The van der Waals surface area contributed by atoms with E-state index < -0.39 is 0 Å². The van der Waals surface area contributed by atoms with Gasteiger partial charge in [-0.2, -0.15) is 0 Å². The normalized spacial score (nSPS) is 21.6. The molecule has 1 saturated heterocycles. The number of hydrogen-bond acceptors (Lipinski definition) is 5. The number of fused-ring (bicyclic) bond motifs is 2. The molecule has 0 radical (unpaired) electrons. The number of benzene rings is 2. The molecule has 5 rings (SSSR count). The highest BCUT2D eigenvalue weighted by atomic mass is 32.1. The number of nitrogens with two attached hydrogens (primary N) is 1. The van der Waals surface area contributed by atoms with E-state index in [1.807, 2.05) is 36.4 Å². The van der Waals surface area contributed by atoms with Crippen LogP contribution in [-0.4, -0.2) is 49.6 Å². The highest BCUT2D eigenvalue weighted by Gasteiger charge is 2.29. The van der Waals surface area contributed by atoms with Crippen molar-refractivity contribution in [3.63, 3.8) is 0 Å². The van der Waals surface area contributed by atoms with Crippen LogP contribution < -0.4 is 10.6 Å². The number of primary amides is 1. The number of carbonyl (C=O) groups is 1. The SMILES string of the molecule is CC1CN(c2ccc(F)c3ccccc23)CCN1CCC1OCCc2cc(C(N)=O)sc21. The second kappa shape index (κ2) is 8.81. The third-order valence-corrected chi connectivity index (χ3v) is 7.98. The molecule has 2 N–H and O–H groups in total. The number of nitrogens with zero attached hydrogens (tertiary/aromatic N) is 2. The molecule has 0 bridgehead atoms. The molecule has 2 aliphatic rings. The largest absolute Gasteiger partial charge is 0.372 e. The van der Waals surface area contributed by atoms with Gasteiger partial charge >= 0.3 is 0 Å². The van der Waals surface area contributed by atoms with E-state index in [-0.39, 0.29) is 17.8 Å². The Morgan fingerprint density at radius 3 is 2.81 bits per heavy atom. The summed E-state index contributed by atoms with van der Waals surface area (Å²) in [6, 6.07) is 13.5. The lowest BCUT2D eigenvalue weighted by Gasteiger charge is -2.42. The lowest BCUT2D eigenvalue weighted by atomic mass is 10.0. The third-order valence-electron chi connectivity index (χ3n) is 6.70. The first kappa shape index (κ1) is 21.4. The van der Waals surface area contributed by atoms with Crippen molar-refractivity contribution in [1.29, 1.82) is 0 Å². The van der Waals surface area contributed by atoms with Gasteiger partial charge in [0.15, 0.2) is 0 Å².